The molecule has 1 heterocycles. The van der Waals surface area contributed by atoms with E-state index in [2.05, 4.69) is 4.98 Å². The SMILES string of the molecule is CSc1ccn(CCOCP(=O)(OCOC(=O)C(C)(C)C)OCOC(=O)C(C)(C)C)c(=O)n1. The maximum absolute atomic E-state index is 13.0. The average Bonchev–Trinajstić information content (AvgIpc) is 2.70. The first-order valence-electron chi connectivity index (χ1n) is 10.1. The lowest BCUT2D eigenvalue weighted by molar-refractivity contribution is -0.162. The third-order valence-corrected chi connectivity index (χ3v) is 6.03. The number of aromatic nitrogens is 2. The van der Waals surface area contributed by atoms with Gasteiger partial charge in [-0.2, -0.15) is 4.98 Å². The second kappa shape index (κ2) is 12.7. The Hall–Kier alpha value is -1.72. The predicted octanol–water partition coefficient (Wildman–Crippen LogP) is 3.26. The minimum Gasteiger partial charge on any atom is -0.438 e. The van der Waals surface area contributed by atoms with Crippen LogP contribution < -0.4 is 5.69 Å². The highest BCUT2D eigenvalue weighted by molar-refractivity contribution is 7.98. The van der Waals surface area contributed by atoms with E-state index in [0.717, 1.165) is 0 Å². The predicted molar refractivity (Wildman–Crippen MR) is 122 cm³/mol. The van der Waals surface area contributed by atoms with Crippen molar-refractivity contribution >= 4 is 31.3 Å². The lowest BCUT2D eigenvalue weighted by atomic mass is 9.98. The molecule has 13 heteroatoms. The number of rotatable bonds is 12. The monoisotopic (exact) mass is 508 g/mol. The lowest BCUT2D eigenvalue weighted by Crippen LogP contribution is -2.25. The van der Waals surface area contributed by atoms with E-state index in [1.807, 2.05) is 6.26 Å². The van der Waals surface area contributed by atoms with E-state index in [4.69, 9.17) is 23.3 Å². The van der Waals surface area contributed by atoms with Gasteiger partial charge in [0.1, 0.15) is 11.4 Å². The van der Waals surface area contributed by atoms with Crippen molar-refractivity contribution in [1.82, 2.24) is 9.55 Å². The van der Waals surface area contributed by atoms with Crippen molar-refractivity contribution in [2.75, 3.05) is 32.8 Å². The van der Waals surface area contributed by atoms with Crippen LogP contribution >= 0.6 is 19.4 Å². The summed E-state index contributed by atoms with van der Waals surface area (Å²) in [7, 11) is -3.97. The second-order valence-corrected chi connectivity index (χ2v) is 11.8. The van der Waals surface area contributed by atoms with Crippen molar-refractivity contribution in [3.8, 4) is 0 Å². The molecule has 0 aliphatic heterocycles. The standard InChI is InChI=1S/C20H33N2O9PS/c1-19(2,3)16(23)28-12-30-32(26,31-13-29-17(24)20(4,5)6)14-27-11-10-22-9-8-15(33-7)21-18(22)25/h8-9H,10-14H2,1-7H3. The van der Waals surface area contributed by atoms with Crippen molar-refractivity contribution in [3.63, 3.8) is 0 Å². The Balaban J connectivity index is 2.68. The van der Waals surface area contributed by atoms with E-state index in [1.54, 1.807) is 53.8 Å². The summed E-state index contributed by atoms with van der Waals surface area (Å²) in [6, 6.07) is 1.69. The van der Waals surface area contributed by atoms with E-state index in [9.17, 15) is 18.9 Å². The Morgan fingerprint density at radius 3 is 1.97 bits per heavy atom. The van der Waals surface area contributed by atoms with Crippen LogP contribution in [0.15, 0.2) is 22.1 Å². The molecular formula is C20H33N2O9PS. The van der Waals surface area contributed by atoms with Crippen LogP contribution in [0.1, 0.15) is 41.5 Å². The molecule has 33 heavy (non-hydrogen) atoms. The van der Waals surface area contributed by atoms with Crippen molar-refractivity contribution in [2.45, 2.75) is 53.1 Å². The number of hydrogen-bond donors (Lipinski definition) is 0. The van der Waals surface area contributed by atoms with Crippen LogP contribution in [-0.2, 0) is 44.0 Å². The van der Waals surface area contributed by atoms with Gasteiger partial charge >= 0.3 is 25.2 Å². The molecule has 0 spiro atoms. The highest BCUT2D eigenvalue weighted by atomic mass is 32.2. The molecule has 11 nitrogen and oxygen atoms in total. The number of carbonyl (C=O) groups is 2. The average molecular weight is 509 g/mol. The number of hydrogen-bond acceptors (Lipinski definition) is 11. The van der Waals surface area contributed by atoms with Crippen LogP contribution in [0.2, 0.25) is 0 Å². The van der Waals surface area contributed by atoms with Crippen LogP contribution in [-0.4, -0.2) is 54.3 Å². The van der Waals surface area contributed by atoms with E-state index in [-0.39, 0.29) is 13.2 Å². The molecule has 0 atom stereocenters. The normalized spacial score (nSPS) is 12.5. The molecule has 0 aromatic carbocycles. The van der Waals surface area contributed by atoms with Gasteiger partial charge in [0.25, 0.3) is 0 Å². The quantitative estimate of drug-likeness (QED) is 0.103. The first kappa shape index (κ1) is 29.3. The van der Waals surface area contributed by atoms with Gasteiger partial charge in [-0.15, -0.1) is 11.8 Å². The Kier molecular flexibility index (Phi) is 11.2. The minimum atomic E-state index is -3.97. The van der Waals surface area contributed by atoms with Crippen LogP contribution in [0.3, 0.4) is 0 Å². The Morgan fingerprint density at radius 2 is 1.55 bits per heavy atom. The summed E-state index contributed by atoms with van der Waals surface area (Å²) in [6.07, 6.45) is 2.87. The molecule has 1 aromatic heterocycles. The van der Waals surface area contributed by atoms with Gasteiger partial charge in [-0.05, 0) is 53.9 Å². The molecule has 0 bridgehead atoms. The topological polar surface area (TPSA) is 132 Å². The minimum absolute atomic E-state index is 0.000465. The van der Waals surface area contributed by atoms with Gasteiger partial charge in [0.2, 0.25) is 13.6 Å². The zero-order chi connectivity index (χ0) is 25.3. The van der Waals surface area contributed by atoms with E-state index in [1.165, 1.54) is 16.3 Å². The highest BCUT2D eigenvalue weighted by Crippen LogP contribution is 2.48. The van der Waals surface area contributed by atoms with Gasteiger partial charge in [0.15, 0.2) is 0 Å². The molecule has 1 aromatic rings. The summed E-state index contributed by atoms with van der Waals surface area (Å²) in [5, 5.41) is 0.595. The maximum Gasteiger partial charge on any atom is 0.361 e. The Morgan fingerprint density at radius 1 is 1.03 bits per heavy atom. The first-order chi connectivity index (χ1) is 15.2. The van der Waals surface area contributed by atoms with Crippen LogP contribution in [0, 0.1) is 10.8 Å². The van der Waals surface area contributed by atoms with Crippen molar-refractivity contribution < 1.29 is 37.4 Å². The largest absolute Gasteiger partial charge is 0.438 e. The fourth-order valence-corrected chi connectivity index (χ4v) is 3.27. The van der Waals surface area contributed by atoms with Crippen LogP contribution in [0.25, 0.3) is 0 Å². The number of nitrogens with zero attached hydrogens (tertiary/aromatic N) is 2. The third-order valence-electron chi connectivity index (χ3n) is 3.89. The zero-order valence-corrected chi connectivity index (χ0v) is 21.8. The Labute approximate surface area is 198 Å². The van der Waals surface area contributed by atoms with Crippen molar-refractivity contribution in [3.05, 3.63) is 22.7 Å². The fourth-order valence-electron chi connectivity index (χ4n) is 1.90. The van der Waals surface area contributed by atoms with Crippen LogP contribution in [0.5, 0.6) is 0 Å². The zero-order valence-electron chi connectivity index (χ0n) is 20.1. The molecule has 188 valence electrons. The molecule has 0 aliphatic carbocycles. The summed E-state index contributed by atoms with van der Waals surface area (Å²) < 4.78 is 40.0. The summed E-state index contributed by atoms with van der Waals surface area (Å²) in [4.78, 5) is 39.6. The number of carbonyl (C=O) groups excluding carboxylic acids is 2. The molecule has 0 amide bonds. The summed E-state index contributed by atoms with van der Waals surface area (Å²) in [5.41, 5.74) is -2.00. The number of ether oxygens (including phenoxy) is 3. The van der Waals surface area contributed by atoms with Gasteiger partial charge in [0, 0.05) is 6.20 Å². The van der Waals surface area contributed by atoms with Crippen molar-refractivity contribution in [2.24, 2.45) is 10.8 Å². The van der Waals surface area contributed by atoms with Gasteiger partial charge < -0.3 is 14.2 Å². The number of thioether (sulfide) groups is 1. The summed E-state index contributed by atoms with van der Waals surface area (Å²) in [6.45, 7) is 8.82. The van der Waals surface area contributed by atoms with Gasteiger partial charge in [0.05, 0.1) is 24.0 Å². The van der Waals surface area contributed by atoms with Gasteiger partial charge in [-0.3, -0.25) is 27.8 Å². The highest BCUT2D eigenvalue weighted by Gasteiger charge is 2.30. The lowest BCUT2D eigenvalue weighted by Gasteiger charge is -2.22. The van der Waals surface area contributed by atoms with Crippen LogP contribution in [0.4, 0.5) is 0 Å². The van der Waals surface area contributed by atoms with Gasteiger partial charge in [-0.25, -0.2) is 4.79 Å². The van der Waals surface area contributed by atoms with Crippen molar-refractivity contribution in [1.29, 1.82) is 0 Å². The molecule has 0 saturated heterocycles. The van der Waals surface area contributed by atoms with Gasteiger partial charge in [-0.1, -0.05) is 0 Å². The maximum atomic E-state index is 13.0. The van der Waals surface area contributed by atoms with E-state index < -0.39 is 56.0 Å². The summed E-state index contributed by atoms with van der Waals surface area (Å²) in [5.74, 6) is -1.12. The Bertz CT molecular complexity index is 870. The molecule has 0 saturated carbocycles. The fraction of sp³-hybridized carbons (Fsp3) is 0.700. The molecular weight excluding hydrogens is 475 g/mol. The third kappa shape index (κ3) is 10.8. The first-order valence-corrected chi connectivity index (χ1v) is 13.0. The summed E-state index contributed by atoms with van der Waals surface area (Å²) >= 11 is 1.35. The number of esters is 2. The molecule has 1 rings (SSSR count). The molecule has 0 N–H and O–H groups in total. The molecule has 0 unspecified atom stereocenters. The molecule has 0 fully saturated rings. The molecule has 0 radical (unpaired) electrons. The van der Waals surface area contributed by atoms with E-state index in [0.29, 0.717) is 5.03 Å². The van der Waals surface area contributed by atoms with E-state index >= 15 is 0 Å². The second-order valence-electron chi connectivity index (χ2n) is 8.95. The molecule has 0 aliphatic rings. The smallest absolute Gasteiger partial charge is 0.361 e.